The zero-order valence-corrected chi connectivity index (χ0v) is 5.76. The molecule has 2 heteroatoms. The fourth-order valence-corrected chi connectivity index (χ4v) is 0.755. The van der Waals surface area contributed by atoms with Crippen LogP contribution in [0, 0.1) is 11.8 Å². The van der Waals surface area contributed by atoms with Gasteiger partial charge in [-0.05, 0) is 6.92 Å². The molecule has 0 spiro atoms. The van der Waals surface area contributed by atoms with E-state index in [1.54, 1.807) is 6.92 Å². The van der Waals surface area contributed by atoms with Gasteiger partial charge >= 0.3 is 0 Å². The van der Waals surface area contributed by atoms with E-state index < -0.39 is 0 Å². The summed E-state index contributed by atoms with van der Waals surface area (Å²) in [5, 5.41) is 0. The first kappa shape index (κ1) is 6.88. The van der Waals surface area contributed by atoms with E-state index in [1.165, 1.54) is 12.3 Å². The van der Waals surface area contributed by atoms with Gasteiger partial charge in [-0.2, -0.15) is 0 Å². The predicted octanol–water partition coefficient (Wildman–Crippen LogP) is 0.881. The average Bonchev–Trinajstić information content (AvgIpc) is 1.88. The number of hydrogen-bond acceptors (Lipinski definition) is 2. The van der Waals surface area contributed by atoms with Crippen LogP contribution in [-0.2, 0) is 9.53 Å². The molecule has 0 bridgehead atoms. The maximum absolute atomic E-state index is 10.7. The highest BCUT2D eigenvalue weighted by atomic mass is 16.5. The van der Waals surface area contributed by atoms with Gasteiger partial charge in [-0.1, -0.05) is 5.92 Å². The summed E-state index contributed by atoms with van der Waals surface area (Å²) in [6, 6.07) is 0. The van der Waals surface area contributed by atoms with E-state index in [9.17, 15) is 4.79 Å². The molecule has 0 aliphatic carbocycles. The molecule has 1 rings (SSSR count). The van der Waals surface area contributed by atoms with E-state index in [1.807, 2.05) is 0 Å². The van der Waals surface area contributed by atoms with E-state index in [0.717, 1.165) is 0 Å². The molecule has 1 unspecified atom stereocenters. The van der Waals surface area contributed by atoms with Crippen molar-refractivity contribution in [2.45, 2.75) is 19.4 Å². The Morgan fingerprint density at radius 2 is 2.60 bits per heavy atom. The molecule has 2 nitrogen and oxygen atoms in total. The van der Waals surface area contributed by atoms with Crippen molar-refractivity contribution in [3.05, 3.63) is 12.3 Å². The van der Waals surface area contributed by atoms with Gasteiger partial charge in [-0.15, -0.1) is 5.92 Å². The number of allylic oxidation sites excluding steroid dienone is 1. The van der Waals surface area contributed by atoms with Crippen LogP contribution < -0.4 is 0 Å². The highest BCUT2D eigenvalue weighted by Gasteiger charge is 2.12. The lowest BCUT2D eigenvalue weighted by Crippen LogP contribution is -2.16. The Morgan fingerprint density at radius 1 is 1.80 bits per heavy atom. The third kappa shape index (κ3) is 1.63. The molecule has 52 valence electrons. The molecular weight excluding hydrogens is 128 g/mol. The zero-order chi connectivity index (χ0) is 7.40. The van der Waals surface area contributed by atoms with E-state index in [0.29, 0.717) is 6.42 Å². The van der Waals surface area contributed by atoms with Crippen molar-refractivity contribution in [1.29, 1.82) is 0 Å². The van der Waals surface area contributed by atoms with Crippen LogP contribution in [0.15, 0.2) is 12.3 Å². The molecular formula is C8H8O2. The average molecular weight is 136 g/mol. The topological polar surface area (TPSA) is 26.3 Å². The van der Waals surface area contributed by atoms with Crippen molar-refractivity contribution in [3.63, 3.8) is 0 Å². The highest BCUT2D eigenvalue weighted by Crippen LogP contribution is 2.05. The molecule has 1 heterocycles. The van der Waals surface area contributed by atoms with Crippen molar-refractivity contribution >= 4 is 5.78 Å². The maximum Gasteiger partial charge on any atom is 0.165 e. The van der Waals surface area contributed by atoms with Crippen molar-refractivity contribution in [2.75, 3.05) is 0 Å². The minimum Gasteiger partial charge on any atom is -0.485 e. The maximum atomic E-state index is 10.7. The Labute approximate surface area is 59.9 Å². The molecule has 0 amide bonds. The third-order valence-electron chi connectivity index (χ3n) is 1.19. The first-order chi connectivity index (χ1) is 4.83. The van der Waals surface area contributed by atoms with Crippen molar-refractivity contribution < 1.29 is 9.53 Å². The molecule has 0 aromatic heterocycles. The van der Waals surface area contributed by atoms with Crippen LogP contribution in [0.5, 0.6) is 0 Å². The van der Waals surface area contributed by atoms with Crippen LogP contribution in [0.3, 0.4) is 0 Å². The normalized spacial score (nSPS) is 22.9. The van der Waals surface area contributed by atoms with Crippen LogP contribution in [0.2, 0.25) is 0 Å². The van der Waals surface area contributed by atoms with Gasteiger partial charge in [0.05, 0.1) is 12.7 Å². The van der Waals surface area contributed by atoms with Crippen LogP contribution in [0.25, 0.3) is 0 Å². The van der Waals surface area contributed by atoms with Crippen LogP contribution in [0.1, 0.15) is 13.3 Å². The first-order valence-corrected chi connectivity index (χ1v) is 3.10. The number of rotatable bonds is 0. The van der Waals surface area contributed by atoms with Gasteiger partial charge in [0.25, 0.3) is 0 Å². The summed E-state index contributed by atoms with van der Waals surface area (Å²) in [5.74, 6) is 5.55. The van der Waals surface area contributed by atoms with Crippen LogP contribution in [0.4, 0.5) is 0 Å². The van der Waals surface area contributed by atoms with Gasteiger partial charge < -0.3 is 4.74 Å². The minimum absolute atomic E-state index is 0.0824. The van der Waals surface area contributed by atoms with Gasteiger partial charge in [0.15, 0.2) is 11.9 Å². The van der Waals surface area contributed by atoms with E-state index in [-0.39, 0.29) is 11.9 Å². The first-order valence-electron chi connectivity index (χ1n) is 3.10. The lowest BCUT2D eigenvalue weighted by atomic mass is 10.1. The molecule has 0 saturated carbocycles. The second-order valence-electron chi connectivity index (χ2n) is 1.99. The van der Waals surface area contributed by atoms with Crippen LogP contribution in [-0.4, -0.2) is 11.9 Å². The second kappa shape index (κ2) is 3.07. The molecule has 1 atom stereocenters. The summed E-state index contributed by atoms with van der Waals surface area (Å²) >= 11 is 0. The number of ketones is 1. The number of ether oxygens (including phenoxy) is 1. The van der Waals surface area contributed by atoms with Crippen molar-refractivity contribution in [1.82, 2.24) is 0 Å². The number of carbonyl (C=O) groups is 1. The SMILES string of the molecule is CC#CC1CC(=O)C=CO1. The summed E-state index contributed by atoms with van der Waals surface area (Å²) in [5.41, 5.74) is 0. The summed E-state index contributed by atoms with van der Waals surface area (Å²) in [4.78, 5) is 10.7. The summed E-state index contributed by atoms with van der Waals surface area (Å²) in [6.45, 7) is 1.73. The lowest BCUT2D eigenvalue weighted by Gasteiger charge is -2.11. The molecule has 1 aliphatic heterocycles. The molecule has 1 aliphatic rings. The Morgan fingerprint density at radius 3 is 3.20 bits per heavy atom. The lowest BCUT2D eigenvalue weighted by molar-refractivity contribution is -0.117. The molecule has 0 N–H and O–H groups in total. The summed E-state index contributed by atoms with van der Waals surface area (Å²) < 4.78 is 5.01. The van der Waals surface area contributed by atoms with Crippen LogP contribution >= 0.6 is 0 Å². The Kier molecular flexibility index (Phi) is 2.11. The molecule has 0 aromatic carbocycles. The fraction of sp³-hybridized carbons (Fsp3) is 0.375. The summed E-state index contributed by atoms with van der Waals surface area (Å²) in [7, 11) is 0. The monoisotopic (exact) mass is 136 g/mol. The van der Waals surface area contributed by atoms with E-state index >= 15 is 0 Å². The Hall–Kier alpha value is -1.23. The zero-order valence-electron chi connectivity index (χ0n) is 5.76. The number of hydrogen-bond donors (Lipinski definition) is 0. The fourth-order valence-electron chi connectivity index (χ4n) is 0.755. The number of carbonyl (C=O) groups excluding carboxylic acids is 1. The Bertz CT molecular complexity index is 217. The van der Waals surface area contributed by atoms with Gasteiger partial charge in [0, 0.05) is 6.08 Å². The van der Waals surface area contributed by atoms with Gasteiger partial charge in [-0.3, -0.25) is 4.79 Å². The Balaban J connectivity index is 2.57. The quantitative estimate of drug-likeness (QED) is 0.462. The molecule has 0 radical (unpaired) electrons. The third-order valence-corrected chi connectivity index (χ3v) is 1.19. The van der Waals surface area contributed by atoms with Gasteiger partial charge in [-0.25, -0.2) is 0 Å². The minimum atomic E-state index is -0.220. The van der Waals surface area contributed by atoms with Crippen molar-refractivity contribution in [2.24, 2.45) is 0 Å². The smallest absolute Gasteiger partial charge is 0.165 e. The largest absolute Gasteiger partial charge is 0.485 e. The van der Waals surface area contributed by atoms with E-state index in [2.05, 4.69) is 11.8 Å². The second-order valence-corrected chi connectivity index (χ2v) is 1.99. The predicted molar refractivity (Wildman–Crippen MR) is 37.1 cm³/mol. The molecule has 0 fully saturated rings. The standard InChI is InChI=1S/C8H8O2/c1-2-3-8-6-7(9)4-5-10-8/h4-5,8H,6H2,1H3. The van der Waals surface area contributed by atoms with Crippen molar-refractivity contribution in [3.8, 4) is 11.8 Å². The molecule has 10 heavy (non-hydrogen) atoms. The van der Waals surface area contributed by atoms with Gasteiger partial charge in [0.1, 0.15) is 0 Å². The van der Waals surface area contributed by atoms with E-state index in [4.69, 9.17) is 4.74 Å². The van der Waals surface area contributed by atoms with Gasteiger partial charge in [0.2, 0.25) is 0 Å². The molecule has 0 saturated heterocycles. The highest BCUT2D eigenvalue weighted by molar-refractivity contribution is 5.90. The molecule has 0 aromatic rings. The summed E-state index contributed by atoms with van der Waals surface area (Å²) in [6.07, 6.45) is 2.99.